The van der Waals surface area contributed by atoms with Gasteiger partial charge in [0.05, 0.1) is 24.3 Å². The Labute approximate surface area is 346 Å². The van der Waals surface area contributed by atoms with Crippen molar-refractivity contribution >= 4 is 21.8 Å². The quantitative estimate of drug-likeness (QED) is 0.113. The maximum absolute atomic E-state index is 14.2. The van der Waals surface area contributed by atoms with Crippen LogP contribution in [0.25, 0.3) is 21.8 Å². The van der Waals surface area contributed by atoms with Gasteiger partial charge in [-0.2, -0.15) is 31.6 Å². The number of aromatic nitrogens is 2. The SMILES string of the molecule is COc1ccc(C)cc1C(C)(C)CC(O)(Cc1cc2c(C)cc(C#N)cc2[nH]1)C(F)(F)F.Cc1ccccc1C(C)(C)CC(O)(Cc1ccnc2ccccc12)C(F)(F)F. The zero-order valence-corrected chi connectivity index (χ0v) is 35.0. The lowest BCUT2D eigenvalue weighted by Crippen LogP contribution is -2.51. The van der Waals surface area contributed by atoms with Crippen LogP contribution in [0.15, 0.2) is 97.2 Å². The summed E-state index contributed by atoms with van der Waals surface area (Å²) in [6.07, 6.45) is -10.3. The number of hydrogen-bond acceptors (Lipinski definition) is 5. The zero-order valence-electron chi connectivity index (χ0n) is 35.0. The highest BCUT2D eigenvalue weighted by Gasteiger charge is 2.57. The Morgan fingerprint density at radius 2 is 1.28 bits per heavy atom. The van der Waals surface area contributed by atoms with Gasteiger partial charge in [-0.3, -0.25) is 4.98 Å². The summed E-state index contributed by atoms with van der Waals surface area (Å²) in [5, 5.41) is 32.4. The molecule has 2 atom stereocenters. The minimum Gasteiger partial charge on any atom is -0.496 e. The van der Waals surface area contributed by atoms with Gasteiger partial charge in [-0.1, -0.05) is 87.9 Å². The van der Waals surface area contributed by atoms with E-state index in [1.807, 2.05) is 50.2 Å². The third-order valence-electron chi connectivity index (χ3n) is 11.3. The zero-order chi connectivity index (χ0) is 44.5. The third-order valence-corrected chi connectivity index (χ3v) is 11.3. The topological polar surface area (TPSA) is 102 Å². The minimum atomic E-state index is -4.86. The summed E-state index contributed by atoms with van der Waals surface area (Å²) >= 11 is 0. The van der Waals surface area contributed by atoms with Gasteiger partial charge in [0, 0.05) is 46.6 Å². The molecule has 0 aliphatic carbocycles. The van der Waals surface area contributed by atoms with Gasteiger partial charge in [-0.05, 0) is 103 Å². The van der Waals surface area contributed by atoms with Gasteiger partial charge in [-0.25, -0.2) is 0 Å². The number of aromatic amines is 1. The van der Waals surface area contributed by atoms with Crippen molar-refractivity contribution in [2.24, 2.45) is 0 Å². The second kappa shape index (κ2) is 16.9. The van der Waals surface area contributed by atoms with E-state index in [2.05, 4.69) is 9.97 Å². The number of alkyl halides is 6. The van der Waals surface area contributed by atoms with Crippen molar-refractivity contribution in [2.75, 3.05) is 7.11 Å². The van der Waals surface area contributed by atoms with Crippen molar-refractivity contribution in [3.8, 4) is 11.8 Å². The van der Waals surface area contributed by atoms with Gasteiger partial charge in [-0.15, -0.1) is 0 Å². The summed E-state index contributed by atoms with van der Waals surface area (Å²) < 4.78 is 90.2. The van der Waals surface area contributed by atoms with Crippen LogP contribution in [0.2, 0.25) is 0 Å². The molecule has 6 aromatic rings. The molecule has 4 aromatic carbocycles. The molecule has 6 rings (SSSR count). The van der Waals surface area contributed by atoms with E-state index < -0.39 is 60.1 Å². The fourth-order valence-corrected chi connectivity index (χ4v) is 8.44. The van der Waals surface area contributed by atoms with E-state index in [0.29, 0.717) is 38.9 Å². The van der Waals surface area contributed by atoms with E-state index in [1.54, 1.807) is 95.3 Å². The molecule has 2 aromatic heterocycles. The van der Waals surface area contributed by atoms with Crippen molar-refractivity contribution < 1.29 is 41.3 Å². The molecule has 0 bridgehead atoms. The molecule has 12 heteroatoms. The molecule has 318 valence electrons. The summed E-state index contributed by atoms with van der Waals surface area (Å²) in [4.78, 5) is 7.17. The molecule has 0 saturated heterocycles. The van der Waals surface area contributed by atoms with Crippen molar-refractivity contribution in [3.63, 3.8) is 0 Å². The van der Waals surface area contributed by atoms with Gasteiger partial charge >= 0.3 is 12.4 Å². The van der Waals surface area contributed by atoms with Gasteiger partial charge < -0.3 is 19.9 Å². The van der Waals surface area contributed by atoms with Crippen LogP contribution in [0.1, 0.15) is 85.2 Å². The number of fused-ring (bicyclic) bond motifs is 2. The molecular weight excluding hydrogens is 781 g/mol. The number of halogens is 6. The van der Waals surface area contributed by atoms with Gasteiger partial charge in [0.2, 0.25) is 0 Å². The highest BCUT2D eigenvalue weighted by molar-refractivity contribution is 5.85. The van der Waals surface area contributed by atoms with Crippen LogP contribution in [0.3, 0.4) is 0 Å². The Kier molecular flexibility index (Phi) is 12.9. The van der Waals surface area contributed by atoms with Crippen molar-refractivity contribution in [1.29, 1.82) is 5.26 Å². The first-order valence-corrected chi connectivity index (χ1v) is 19.5. The Bertz CT molecular complexity index is 2510. The molecule has 3 N–H and O–H groups in total. The normalized spacial score (nSPS) is 14.5. The van der Waals surface area contributed by atoms with Gasteiger partial charge in [0.25, 0.3) is 0 Å². The van der Waals surface area contributed by atoms with Crippen LogP contribution in [-0.4, -0.2) is 50.8 Å². The van der Waals surface area contributed by atoms with Gasteiger partial charge in [0.1, 0.15) is 5.75 Å². The minimum absolute atomic E-state index is 0.255. The average molecular weight is 832 g/mol. The number of para-hydroxylation sites is 1. The highest BCUT2D eigenvalue weighted by atomic mass is 19.4. The summed E-state index contributed by atoms with van der Waals surface area (Å²) in [6, 6.07) is 28.3. The average Bonchev–Trinajstić information content (AvgIpc) is 3.56. The van der Waals surface area contributed by atoms with Crippen molar-refractivity contribution in [3.05, 3.63) is 142 Å². The largest absolute Gasteiger partial charge is 0.496 e. The standard InChI is InChI=1S/C25H27F3N2O2.C23H24F3NO/c1-15-6-7-22(32-5)20(8-15)23(3,4)14-24(31,25(26,27)28)12-18-11-19-16(2)9-17(13-29)10-21(19)30-18;1-16-8-4-6-10-19(16)21(2,3)15-22(28,23(24,25)26)14-17-12-13-27-20-11-7-5-9-18(17)20/h6-11,30-31H,12,14H2,1-5H3;4-13,28H,14-15H2,1-3H3. The number of nitriles is 1. The Morgan fingerprint density at radius 1 is 0.683 bits per heavy atom. The number of methoxy groups -OCH3 is 1. The first-order chi connectivity index (χ1) is 27.8. The fraction of sp³-hybridized carbons (Fsp3) is 0.375. The smallest absolute Gasteiger partial charge is 0.417 e. The van der Waals surface area contributed by atoms with Crippen LogP contribution >= 0.6 is 0 Å². The summed E-state index contributed by atoms with van der Waals surface area (Å²) in [7, 11) is 1.47. The summed E-state index contributed by atoms with van der Waals surface area (Å²) in [5.41, 5.74) is -1.44. The number of pyridine rings is 1. The monoisotopic (exact) mass is 831 g/mol. The van der Waals surface area contributed by atoms with Crippen molar-refractivity contribution in [2.45, 2.75) is 109 Å². The Balaban J connectivity index is 0.000000230. The van der Waals surface area contributed by atoms with E-state index in [4.69, 9.17) is 10.00 Å². The second-order valence-corrected chi connectivity index (χ2v) is 17.2. The molecule has 0 radical (unpaired) electrons. The first-order valence-electron chi connectivity index (χ1n) is 19.5. The number of ether oxygens (including phenoxy) is 1. The number of benzene rings is 4. The number of hydrogen-bond donors (Lipinski definition) is 3. The maximum atomic E-state index is 14.2. The molecule has 0 spiro atoms. The Morgan fingerprint density at radius 3 is 1.90 bits per heavy atom. The number of aliphatic hydroxyl groups is 2. The van der Waals surface area contributed by atoms with E-state index in [1.165, 1.54) is 13.3 Å². The lowest BCUT2D eigenvalue weighted by Gasteiger charge is -2.39. The molecule has 0 fully saturated rings. The number of nitrogens with zero attached hydrogens (tertiary/aromatic N) is 2. The van der Waals surface area contributed by atoms with Crippen LogP contribution in [-0.2, 0) is 23.7 Å². The summed E-state index contributed by atoms with van der Waals surface area (Å²) in [6.45, 7) is 12.4. The molecule has 6 nitrogen and oxygen atoms in total. The molecular formula is C48H51F6N3O3. The van der Waals surface area contributed by atoms with Crippen LogP contribution < -0.4 is 4.74 Å². The van der Waals surface area contributed by atoms with Crippen LogP contribution in [0, 0.1) is 32.1 Å². The lowest BCUT2D eigenvalue weighted by molar-refractivity contribution is -0.266. The Hall–Kier alpha value is -5.38. The van der Waals surface area contributed by atoms with E-state index >= 15 is 0 Å². The molecule has 0 amide bonds. The molecule has 0 aliphatic heterocycles. The second-order valence-electron chi connectivity index (χ2n) is 17.2. The first kappa shape index (κ1) is 45.7. The fourth-order valence-electron chi connectivity index (χ4n) is 8.44. The molecule has 0 aliphatic rings. The molecule has 2 unspecified atom stereocenters. The summed E-state index contributed by atoms with van der Waals surface area (Å²) in [5.74, 6) is 0.482. The highest BCUT2D eigenvalue weighted by Crippen LogP contribution is 2.46. The molecule has 0 saturated carbocycles. The van der Waals surface area contributed by atoms with E-state index in [0.717, 1.165) is 27.6 Å². The lowest BCUT2D eigenvalue weighted by atomic mass is 9.72. The maximum Gasteiger partial charge on any atom is 0.417 e. The predicted octanol–water partition coefficient (Wildman–Crippen LogP) is 11.6. The van der Waals surface area contributed by atoms with E-state index in [-0.39, 0.29) is 5.69 Å². The third kappa shape index (κ3) is 9.80. The number of rotatable bonds is 11. The number of H-pyrrole nitrogens is 1. The van der Waals surface area contributed by atoms with E-state index in [9.17, 15) is 36.6 Å². The molecule has 2 heterocycles. The van der Waals surface area contributed by atoms with Crippen LogP contribution in [0.5, 0.6) is 5.75 Å². The number of aryl methyl sites for hydroxylation is 3. The van der Waals surface area contributed by atoms with Gasteiger partial charge in [0.15, 0.2) is 11.2 Å². The number of nitrogens with one attached hydrogen (secondary N) is 1. The van der Waals surface area contributed by atoms with Crippen LogP contribution in [0.4, 0.5) is 26.3 Å². The van der Waals surface area contributed by atoms with Crippen molar-refractivity contribution in [1.82, 2.24) is 9.97 Å². The predicted molar refractivity (Wildman–Crippen MR) is 223 cm³/mol. The molecule has 60 heavy (non-hydrogen) atoms.